The Morgan fingerprint density at radius 2 is 1.64 bits per heavy atom. The minimum Gasteiger partial charge on any atom is -0.496 e. The topological polar surface area (TPSA) is 93.1 Å². The number of carbonyl (C=O) groups is 2. The Labute approximate surface area is 207 Å². The number of ether oxygens (including phenoxy) is 4. The number of pyridine rings is 1. The average Bonchev–Trinajstić information content (AvgIpc) is 2.82. The molecule has 4 aromatic rings. The third-order valence-corrected chi connectivity index (χ3v) is 6.72. The van der Waals surface area contributed by atoms with Gasteiger partial charge in [-0.2, -0.15) is 0 Å². The molecule has 8 heteroatoms. The van der Waals surface area contributed by atoms with Crippen molar-refractivity contribution in [2.45, 2.75) is 45.5 Å². The fraction of sp³-hybridized carbons (Fsp3) is 0.321. The minimum absolute atomic E-state index is 0.223. The molecule has 0 bridgehead atoms. The van der Waals surface area contributed by atoms with Gasteiger partial charge in [-0.1, -0.05) is 24.3 Å². The Balaban J connectivity index is 1.96. The molecule has 0 radical (unpaired) electrons. The summed E-state index contributed by atoms with van der Waals surface area (Å²) >= 11 is 0. The van der Waals surface area contributed by atoms with E-state index in [0.29, 0.717) is 38.9 Å². The lowest BCUT2D eigenvalue weighted by molar-refractivity contribution is -0.187. The molecule has 36 heavy (non-hydrogen) atoms. The zero-order valence-corrected chi connectivity index (χ0v) is 21.0. The van der Waals surface area contributed by atoms with Crippen LogP contribution in [-0.4, -0.2) is 35.3 Å². The van der Waals surface area contributed by atoms with Gasteiger partial charge in [0, 0.05) is 32.3 Å². The van der Waals surface area contributed by atoms with Gasteiger partial charge in [0.25, 0.3) is 0 Å². The van der Waals surface area contributed by atoms with Crippen molar-refractivity contribution < 1.29 is 28.5 Å². The summed E-state index contributed by atoms with van der Waals surface area (Å²) in [6, 6.07) is 13.3. The molecule has 0 fully saturated rings. The highest BCUT2D eigenvalue weighted by Crippen LogP contribution is 2.49. The molecule has 2 atom stereocenters. The van der Waals surface area contributed by atoms with Crippen LogP contribution >= 0.6 is 0 Å². The van der Waals surface area contributed by atoms with Crippen LogP contribution in [0.5, 0.6) is 11.5 Å². The second kappa shape index (κ2) is 8.26. The molecule has 0 unspecified atom stereocenters. The number of aryl methyl sites for hydroxylation is 1. The third-order valence-electron chi connectivity index (χ3n) is 6.72. The fourth-order valence-electron chi connectivity index (χ4n) is 5.21. The Morgan fingerprint density at radius 1 is 1.00 bits per heavy atom. The summed E-state index contributed by atoms with van der Waals surface area (Å²) in [6.07, 6.45) is -1.97. The van der Waals surface area contributed by atoms with Crippen LogP contribution in [0.4, 0.5) is 0 Å². The summed E-state index contributed by atoms with van der Waals surface area (Å²) in [6.45, 7) is 6.08. The zero-order chi connectivity index (χ0) is 25.9. The Bertz CT molecular complexity index is 1630. The van der Waals surface area contributed by atoms with Crippen molar-refractivity contribution in [3.63, 3.8) is 0 Å². The summed E-state index contributed by atoms with van der Waals surface area (Å²) in [5, 5.41) is 2.77. The standard InChI is InChI=1S/C28H27NO7/c1-14(30)34-26-23-21(36-28(3,4)27(26)35-15(2)31)13-20(33-6)22-24(23)29(5)19-12-17-10-8-7-9-16(17)11-18(19)25(22)32/h7-13,26-27H,1-6H3/t26-,27-/m1/s1. The van der Waals surface area contributed by atoms with Crippen LogP contribution < -0.4 is 14.9 Å². The van der Waals surface area contributed by atoms with Crippen molar-refractivity contribution in [1.29, 1.82) is 0 Å². The van der Waals surface area contributed by atoms with Crippen LogP contribution in [0.25, 0.3) is 32.6 Å². The largest absolute Gasteiger partial charge is 0.496 e. The summed E-state index contributed by atoms with van der Waals surface area (Å²) in [7, 11) is 3.33. The summed E-state index contributed by atoms with van der Waals surface area (Å²) in [5.74, 6) is -0.376. The van der Waals surface area contributed by atoms with Crippen LogP contribution in [0.3, 0.4) is 0 Å². The number of aromatic nitrogens is 1. The van der Waals surface area contributed by atoms with Crippen LogP contribution in [0.2, 0.25) is 0 Å². The number of esters is 2. The maximum atomic E-state index is 13.9. The van der Waals surface area contributed by atoms with Crippen molar-refractivity contribution in [1.82, 2.24) is 4.57 Å². The summed E-state index contributed by atoms with van der Waals surface area (Å²) in [5.41, 5.74) is 0.358. The van der Waals surface area contributed by atoms with Crippen molar-refractivity contribution in [3.05, 3.63) is 58.3 Å². The van der Waals surface area contributed by atoms with E-state index in [-0.39, 0.29) is 5.43 Å². The van der Waals surface area contributed by atoms with E-state index < -0.39 is 29.7 Å². The molecule has 1 aliphatic heterocycles. The maximum absolute atomic E-state index is 13.9. The summed E-state index contributed by atoms with van der Waals surface area (Å²) in [4.78, 5) is 38.2. The quantitative estimate of drug-likeness (QED) is 0.308. The molecule has 0 saturated heterocycles. The monoisotopic (exact) mass is 489 g/mol. The van der Waals surface area contributed by atoms with Gasteiger partial charge in [-0.15, -0.1) is 0 Å². The second-order valence-corrected chi connectivity index (χ2v) is 9.58. The highest BCUT2D eigenvalue weighted by atomic mass is 16.6. The number of rotatable bonds is 3. The molecule has 0 aliphatic carbocycles. The lowest BCUT2D eigenvalue weighted by Gasteiger charge is -2.43. The van der Waals surface area contributed by atoms with Gasteiger partial charge >= 0.3 is 11.9 Å². The van der Waals surface area contributed by atoms with Crippen molar-refractivity contribution >= 4 is 44.5 Å². The second-order valence-electron chi connectivity index (χ2n) is 9.58. The van der Waals surface area contributed by atoms with Gasteiger partial charge in [0.1, 0.15) is 17.1 Å². The summed E-state index contributed by atoms with van der Waals surface area (Å²) < 4.78 is 25.3. The minimum atomic E-state index is -1.04. The lowest BCUT2D eigenvalue weighted by Crippen LogP contribution is -2.52. The number of hydrogen-bond donors (Lipinski definition) is 0. The first-order chi connectivity index (χ1) is 17.0. The first-order valence-electron chi connectivity index (χ1n) is 11.6. The first-order valence-corrected chi connectivity index (χ1v) is 11.6. The number of hydrogen-bond acceptors (Lipinski definition) is 7. The smallest absolute Gasteiger partial charge is 0.303 e. The van der Waals surface area contributed by atoms with E-state index in [1.165, 1.54) is 21.0 Å². The zero-order valence-electron chi connectivity index (χ0n) is 21.0. The van der Waals surface area contributed by atoms with Crippen LogP contribution in [0, 0.1) is 0 Å². The molecule has 0 saturated carbocycles. The normalized spacial score (nSPS) is 18.5. The molecular formula is C28H27NO7. The maximum Gasteiger partial charge on any atom is 0.303 e. The Morgan fingerprint density at radius 3 is 2.25 bits per heavy atom. The molecule has 2 heterocycles. The lowest BCUT2D eigenvalue weighted by atomic mass is 9.86. The number of carbonyl (C=O) groups excluding carboxylic acids is 2. The molecule has 0 N–H and O–H groups in total. The van der Waals surface area contributed by atoms with E-state index in [9.17, 15) is 14.4 Å². The van der Waals surface area contributed by atoms with Gasteiger partial charge in [-0.25, -0.2) is 0 Å². The van der Waals surface area contributed by atoms with Crippen molar-refractivity contribution in [2.24, 2.45) is 7.05 Å². The third kappa shape index (κ3) is 3.56. The van der Waals surface area contributed by atoms with E-state index in [1.807, 2.05) is 48.0 Å². The van der Waals surface area contributed by atoms with Gasteiger partial charge in [0.15, 0.2) is 12.2 Å². The SMILES string of the molecule is COc1cc2c(c3c1c(=O)c1cc4ccccc4cc1n3C)[C@@H](OC(C)=O)[C@@H](OC(C)=O)C(C)(C)O2. The molecule has 186 valence electrons. The highest BCUT2D eigenvalue weighted by Gasteiger charge is 2.50. The van der Waals surface area contributed by atoms with E-state index >= 15 is 0 Å². The van der Waals surface area contributed by atoms with Crippen LogP contribution in [0.15, 0.2) is 47.3 Å². The van der Waals surface area contributed by atoms with Gasteiger partial charge in [0.05, 0.1) is 29.1 Å². The van der Waals surface area contributed by atoms with E-state index in [1.54, 1.807) is 19.9 Å². The predicted octanol–water partition coefficient (Wildman–Crippen LogP) is 4.56. The average molecular weight is 490 g/mol. The van der Waals surface area contributed by atoms with E-state index in [4.69, 9.17) is 18.9 Å². The number of fused-ring (bicyclic) bond motifs is 5. The van der Waals surface area contributed by atoms with Gasteiger partial charge < -0.3 is 23.5 Å². The van der Waals surface area contributed by atoms with Crippen molar-refractivity contribution in [3.8, 4) is 11.5 Å². The molecular weight excluding hydrogens is 462 g/mol. The molecule has 1 aromatic heterocycles. The van der Waals surface area contributed by atoms with Crippen LogP contribution in [0.1, 0.15) is 39.4 Å². The fourth-order valence-corrected chi connectivity index (χ4v) is 5.21. The van der Waals surface area contributed by atoms with Gasteiger partial charge in [-0.3, -0.25) is 14.4 Å². The first kappa shape index (κ1) is 23.7. The van der Waals surface area contributed by atoms with Crippen molar-refractivity contribution in [2.75, 3.05) is 7.11 Å². The highest BCUT2D eigenvalue weighted by molar-refractivity contribution is 6.04. The number of nitrogens with zero attached hydrogens (tertiary/aromatic N) is 1. The van der Waals surface area contributed by atoms with E-state index in [0.717, 1.165) is 10.8 Å². The predicted molar refractivity (Wildman–Crippen MR) is 136 cm³/mol. The molecule has 1 aliphatic rings. The van der Waals surface area contributed by atoms with Gasteiger partial charge in [0.2, 0.25) is 5.43 Å². The number of benzene rings is 3. The molecule has 0 spiro atoms. The number of methoxy groups -OCH3 is 1. The Kier molecular flexibility index (Phi) is 5.43. The van der Waals surface area contributed by atoms with Crippen LogP contribution in [-0.2, 0) is 26.1 Å². The molecule has 8 nitrogen and oxygen atoms in total. The molecule has 3 aromatic carbocycles. The van der Waals surface area contributed by atoms with E-state index in [2.05, 4.69) is 0 Å². The Hall–Kier alpha value is -4.07. The van der Waals surface area contributed by atoms with Gasteiger partial charge in [-0.05, 0) is 36.8 Å². The molecule has 5 rings (SSSR count). The molecule has 0 amide bonds.